The Morgan fingerprint density at radius 2 is 1.55 bits per heavy atom. The number of anilines is 1. The largest absolute Gasteiger partial charge is 0.392 e. The molecule has 7 heteroatoms. The number of aliphatic hydroxyl groups is 1. The van der Waals surface area contributed by atoms with Gasteiger partial charge in [0.15, 0.2) is 0 Å². The molecule has 3 fully saturated rings. The molecule has 4 amide bonds. The average molecular weight is 300 g/mol. The monoisotopic (exact) mass is 300 g/mol. The number of rotatable bonds is 2. The number of nitrogens with zero attached hydrogens (tertiary/aromatic N) is 1. The summed E-state index contributed by atoms with van der Waals surface area (Å²) in [5.74, 6) is -4.78. The van der Waals surface area contributed by atoms with Crippen LogP contribution >= 0.6 is 0 Å². The lowest BCUT2D eigenvalue weighted by Crippen LogP contribution is -2.50. The summed E-state index contributed by atoms with van der Waals surface area (Å²) in [5.41, 5.74) is 0.938. The van der Waals surface area contributed by atoms with Crippen molar-refractivity contribution in [3.8, 4) is 0 Å². The predicted molar refractivity (Wildman–Crippen MR) is 72.0 cm³/mol. The standard InChI is InChI=1S/C15H12N2O5/c18-5-6-2-1-3-7(4-6)17-14(21)10-8-9(11(10)15(17)22)13(20)16-12(8)19/h1-4,8-11,18H,5H2,(H,16,19,20). The highest BCUT2D eigenvalue weighted by Crippen LogP contribution is 2.54. The summed E-state index contributed by atoms with van der Waals surface area (Å²) in [6.45, 7) is -0.205. The molecule has 2 heterocycles. The fourth-order valence-corrected chi connectivity index (χ4v) is 3.76. The van der Waals surface area contributed by atoms with E-state index in [-0.39, 0.29) is 6.61 Å². The number of benzene rings is 1. The summed E-state index contributed by atoms with van der Waals surface area (Å²) >= 11 is 0. The van der Waals surface area contributed by atoms with Crippen molar-refractivity contribution >= 4 is 29.3 Å². The van der Waals surface area contributed by atoms with Gasteiger partial charge in [0.05, 0.1) is 36.0 Å². The van der Waals surface area contributed by atoms with Crippen molar-refractivity contribution in [3.05, 3.63) is 29.8 Å². The maximum atomic E-state index is 12.5. The van der Waals surface area contributed by atoms with Crippen LogP contribution in [0.3, 0.4) is 0 Å². The van der Waals surface area contributed by atoms with E-state index in [4.69, 9.17) is 5.11 Å². The van der Waals surface area contributed by atoms with Crippen LogP contribution in [0.4, 0.5) is 5.69 Å². The summed E-state index contributed by atoms with van der Waals surface area (Å²) in [4.78, 5) is 49.6. The quantitative estimate of drug-likeness (QED) is 0.695. The molecule has 112 valence electrons. The first-order chi connectivity index (χ1) is 10.5. The van der Waals surface area contributed by atoms with Gasteiger partial charge in [-0.1, -0.05) is 12.1 Å². The second kappa shape index (κ2) is 4.23. The molecule has 2 N–H and O–H groups in total. The van der Waals surface area contributed by atoms with E-state index in [1.54, 1.807) is 24.3 Å². The van der Waals surface area contributed by atoms with Gasteiger partial charge in [-0.2, -0.15) is 0 Å². The van der Waals surface area contributed by atoms with Gasteiger partial charge in [-0.05, 0) is 17.7 Å². The molecule has 1 aliphatic carbocycles. The number of fused-ring (bicyclic) bond motifs is 4. The van der Waals surface area contributed by atoms with Gasteiger partial charge in [0, 0.05) is 0 Å². The van der Waals surface area contributed by atoms with Crippen LogP contribution in [0.15, 0.2) is 24.3 Å². The van der Waals surface area contributed by atoms with E-state index in [2.05, 4.69) is 5.32 Å². The lowest BCUT2D eigenvalue weighted by molar-refractivity contribution is -0.146. The summed E-state index contributed by atoms with van der Waals surface area (Å²) in [7, 11) is 0. The maximum Gasteiger partial charge on any atom is 0.238 e. The number of imide groups is 2. The van der Waals surface area contributed by atoms with Crippen molar-refractivity contribution in [1.82, 2.24) is 5.32 Å². The normalized spacial score (nSPS) is 32.7. The van der Waals surface area contributed by atoms with Gasteiger partial charge in [0.2, 0.25) is 23.6 Å². The zero-order valence-electron chi connectivity index (χ0n) is 11.4. The minimum absolute atomic E-state index is 0.205. The first kappa shape index (κ1) is 13.1. The van der Waals surface area contributed by atoms with Crippen molar-refractivity contribution < 1.29 is 24.3 Å². The van der Waals surface area contributed by atoms with Crippen LogP contribution in [0, 0.1) is 23.7 Å². The van der Waals surface area contributed by atoms with Gasteiger partial charge in [-0.3, -0.25) is 29.4 Å². The van der Waals surface area contributed by atoms with Crippen molar-refractivity contribution in [3.63, 3.8) is 0 Å². The molecule has 22 heavy (non-hydrogen) atoms. The maximum absolute atomic E-state index is 12.5. The van der Waals surface area contributed by atoms with E-state index in [9.17, 15) is 19.2 Å². The van der Waals surface area contributed by atoms with Crippen molar-refractivity contribution in [2.24, 2.45) is 23.7 Å². The van der Waals surface area contributed by atoms with Gasteiger partial charge in [0.25, 0.3) is 0 Å². The third-order valence-corrected chi connectivity index (χ3v) is 4.76. The number of amides is 4. The fraction of sp³-hybridized carbons (Fsp3) is 0.333. The van der Waals surface area contributed by atoms with Gasteiger partial charge in [-0.15, -0.1) is 0 Å². The van der Waals surface area contributed by atoms with Gasteiger partial charge in [-0.25, -0.2) is 0 Å². The summed E-state index contributed by atoms with van der Waals surface area (Å²) in [6, 6.07) is 6.46. The molecular weight excluding hydrogens is 288 g/mol. The average Bonchev–Trinajstić information content (AvgIpc) is 2.80. The molecule has 0 spiro atoms. The minimum atomic E-state index is -0.748. The third kappa shape index (κ3) is 1.43. The Bertz CT molecular complexity index is 705. The summed E-state index contributed by atoms with van der Waals surface area (Å²) in [5, 5.41) is 11.4. The van der Waals surface area contributed by atoms with E-state index in [1.165, 1.54) is 0 Å². The second-order valence-corrected chi connectivity index (χ2v) is 5.80. The topological polar surface area (TPSA) is 104 Å². The number of nitrogens with one attached hydrogen (secondary N) is 1. The molecule has 4 rings (SSSR count). The molecule has 4 unspecified atom stereocenters. The smallest absolute Gasteiger partial charge is 0.238 e. The number of aliphatic hydroxyl groups excluding tert-OH is 1. The highest BCUT2D eigenvalue weighted by molar-refractivity contribution is 6.27. The van der Waals surface area contributed by atoms with Crippen LogP contribution in [0.2, 0.25) is 0 Å². The highest BCUT2D eigenvalue weighted by Gasteiger charge is 2.71. The lowest BCUT2D eigenvalue weighted by atomic mass is 9.59. The zero-order chi connectivity index (χ0) is 15.6. The lowest BCUT2D eigenvalue weighted by Gasteiger charge is -2.36. The van der Waals surface area contributed by atoms with Gasteiger partial charge >= 0.3 is 0 Å². The Kier molecular flexibility index (Phi) is 2.53. The molecule has 1 aromatic rings. The molecule has 3 aliphatic rings. The van der Waals surface area contributed by atoms with Gasteiger partial charge in [0.1, 0.15) is 0 Å². The Hall–Kier alpha value is -2.54. The minimum Gasteiger partial charge on any atom is -0.392 e. The Labute approximate surface area is 124 Å². The Morgan fingerprint density at radius 3 is 2.09 bits per heavy atom. The van der Waals surface area contributed by atoms with Crippen LogP contribution < -0.4 is 10.2 Å². The molecule has 1 aromatic carbocycles. The van der Waals surface area contributed by atoms with Crippen LogP contribution in [-0.4, -0.2) is 28.7 Å². The molecule has 0 radical (unpaired) electrons. The van der Waals surface area contributed by atoms with E-state index in [0.717, 1.165) is 4.90 Å². The summed E-state index contributed by atoms with van der Waals surface area (Å²) in [6.07, 6.45) is 0. The number of hydrogen-bond acceptors (Lipinski definition) is 5. The molecule has 0 aromatic heterocycles. The molecular formula is C15H12N2O5. The first-order valence-electron chi connectivity index (χ1n) is 6.97. The second-order valence-electron chi connectivity index (χ2n) is 5.80. The van der Waals surface area contributed by atoms with E-state index >= 15 is 0 Å². The van der Waals surface area contributed by atoms with Crippen LogP contribution in [0.25, 0.3) is 0 Å². The Balaban J connectivity index is 1.73. The molecule has 2 saturated heterocycles. The molecule has 4 atom stereocenters. The van der Waals surface area contributed by atoms with Gasteiger partial charge < -0.3 is 5.11 Å². The van der Waals surface area contributed by atoms with Crippen molar-refractivity contribution in [2.45, 2.75) is 6.61 Å². The van der Waals surface area contributed by atoms with E-state index in [1.807, 2.05) is 0 Å². The number of carbonyl (C=O) groups is 4. The molecule has 0 bridgehead atoms. The molecule has 1 saturated carbocycles. The predicted octanol–water partition coefficient (Wildman–Crippen LogP) is -0.813. The number of hydrogen-bond donors (Lipinski definition) is 2. The van der Waals surface area contributed by atoms with Crippen LogP contribution in [0.1, 0.15) is 5.56 Å². The van der Waals surface area contributed by atoms with Crippen LogP contribution in [-0.2, 0) is 25.8 Å². The van der Waals surface area contributed by atoms with Crippen molar-refractivity contribution in [2.75, 3.05) is 4.90 Å². The fourth-order valence-electron chi connectivity index (χ4n) is 3.76. The highest BCUT2D eigenvalue weighted by atomic mass is 16.3. The van der Waals surface area contributed by atoms with Crippen LogP contribution in [0.5, 0.6) is 0 Å². The third-order valence-electron chi connectivity index (χ3n) is 4.76. The van der Waals surface area contributed by atoms with E-state index < -0.39 is 47.3 Å². The van der Waals surface area contributed by atoms with E-state index in [0.29, 0.717) is 11.3 Å². The summed E-state index contributed by atoms with van der Waals surface area (Å²) < 4.78 is 0. The Morgan fingerprint density at radius 1 is 0.955 bits per heavy atom. The van der Waals surface area contributed by atoms with Crippen molar-refractivity contribution in [1.29, 1.82) is 0 Å². The first-order valence-corrected chi connectivity index (χ1v) is 6.97. The molecule has 7 nitrogen and oxygen atoms in total. The zero-order valence-corrected chi connectivity index (χ0v) is 11.4. The SMILES string of the molecule is O=C1NC(=O)C2C1C1C(=O)N(c3cccc(CO)c3)C(=O)C21. The molecule has 2 aliphatic heterocycles. The number of carbonyl (C=O) groups excluding carboxylic acids is 4.